The number of carbonyl (C=O) groups is 1. The molecule has 3 nitrogen and oxygen atoms in total. The van der Waals surface area contributed by atoms with Crippen LogP contribution in [0.4, 0.5) is 0 Å². The van der Waals surface area contributed by atoms with E-state index in [9.17, 15) is 4.79 Å². The Morgan fingerprint density at radius 2 is 2.21 bits per heavy atom. The van der Waals surface area contributed by atoms with Crippen molar-refractivity contribution in [2.45, 2.75) is 32.1 Å². The van der Waals surface area contributed by atoms with Crippen LogP contribution in [0.3, 0.4) is 0 Å². The molecule has 0 aliphatic heterocycles. The summed E-state index contributed by atoms with van der Waals surface area (Å²) >= 11 is 0. The Labute approximate surface area is 83.8 Å². The Morgan fingerprint density at radius 1 is 1.57 bits per heavy atom. The minimum Gasteiger partial charge on any atom is -0.481 e. The lowest BCUT2D eigenvalue weighted by atomic mass is 10.3. The number of nitrogens with zero attached hydrogens (tertiary/aromatic N) is 1. The van der Waals surface area contributed by atoms with Gasteiger partial charge < -0.3 is 5.11 Å². The molecule has 76 valence electrons. The lowest BCUT2D eigenvalue weighted by Crippen LogP contribution is -1.86. The minimum absolute atomic E-state index is 0.222. The van der Waals surface area contributed by atoms with Gasteiger partial charge >= 0.3 is 5.97 Å². The van der Waals surface area contributed by atoms with E-state index in [0.29, 0.717) is 0 Å². The molecule has 2 rings (SSSR count). The third-order valence-corrected chi connectivity index (χ3v) is 1.99. The van der Waals surface area contributed by atoms with Gasteiger partial charge in [-0.25, -0.2) is 0 Å². The Kier molecular flexibility index (Phi) is 4.11. The van der Waals surface area contributed by atoms with Crippen LogP contribution in [0.1, 0.15) is 37.8 Å². The van der Waals surface area contributed by atoms with Gasteiger partial charge in [0.1, 0.15) is 0 Å². The second-order valence-electron chi connectivity index (χ2n) is 3.28. The normalized spacial score (nSPS) is 14.1. The van der Waals surface area contributed by atoms with Crippen molar-refractivity contribution in [1.82, 2.24) is 4.98 Å². The molecular weight excluding hydrogens is 178 g/mol. The zero-order chi connectivity index (χ0) is 10.4. The molecule has 1 heterocycles. The van der Waals surface area contributed by atoms with Gasteiger partial charge in [0, 0.05) is 24.2 Å². The molecule has 0 spiro atoms. The molecule has 0 radical (unpaired) electrons. The standard InChI is InChI=1S/C8H9N.C3H6O2/c1-2-6-9-8(3-1)7-4-5-7;1-2-3(4)5/h1-3,6-7H,4-5H2;2H2,1H3,(H,4,5). The van der Waals surface area contributed by atoms with E-state index in [0.717, 1.165) is 5.92 Å². The number of pyridine rings is 1. The van der Waals surface area contributed by atoms with Gasteiger partial charge in [-0.3, -0.25) is 9.78 Å². The van der Waals surface area contributed by atoms with Crippen molar-refractivity contribution in [3.63, 3.8) is 0 Å². The number of rotatable bonds is 2. The van der Waals surface area contributed by atoms with Crippen molar-refractivity contribution in [3.8, 4) is 0 Å². The van der Waals surface area contributed by atoms with Gasteiger partial charge in [-0.2, -0.15) is 0 Å². The van der Waals surface area contributed by atoms with Crippen LogP contribution in [0.15, 0.2) is 24.4 Å². The van der Waals surface area contributed by atoms with Gasteiger partial charge in [-0.15, -0.1) is 0 Å². The number of carboxylic acids is 1. The average Bonchev–Trinajstić information content (AvgIpc) is 3.03. The maximum absolute atomic E-state index is 9.37. The molecule has 0 amide bonds. The molecule has 1 saturated carbocycles. The SMILES string of the molecule is CCC(=O)O.c1ccc(C2CC2)nc1. The Bertz CT molecular complexity index is 281. The Morgan fingerprint density at radius 3 is 2.57 bits per heavy atom. The molecule has 14 heavy (non-hydrogen) atoms. The fourth-order valence-electron chi connectivity index (χ4n) is 0.997. The predicted molar refractivity (Wildman–Crippen MR) is 54.1 cm³/mol. The minimum atomic E-state index is -0.745. The molecule has 1 fully saturated rings. The lowest BCUT2D eigenvalue weighted by Gasteiger charge is -1.91. The first-order chi connectivity index (χ1) is 6.74. The second-order valence-corrected chi connectivity index (χ2v) is 3.28. The van der Waals surface area contributed by atoms with Gasteiger partial charge in [0.15, 0.2) is 0 Å². The monoisotopic (exact) mass is 193 g/mol. The van der Waals surface area contributed by atoms with Crippen LogP contribution in [0, 0.1) is 0 Å². The van der Waals surface area contributed by atoms with Gasteiger partial charge in [0.05, 0.1) is 0 Å². The van der Waals surface area contributed by atoms with E-state index in [4.69, 9.17) is 5.11 Å². The van der Waals surface area contributed by atoms with Crippen LogP contribution < -0.4 is 0 Å². The summed E-state index contributed by atoms with van der Waals surface area (Å²) in [7, 11) is 0. The average molecular weight is 193 g/mol. The van der Waals surface area contributed by atoms with Gasteiger partial charge in [-0.1, -0.05) is 13.0 Å². The van der Waals surface area contributed by atoms with Crippen LogP contribution in [-0.2, 0) is 4.79 Å². The van der Waals surface area contributed by atoms with Crippen LogP contribution in [0.25, 0.3) is 0 Å². The molecule has 0 atom stereocenters. The summed E-state index contributed by atoms with van der Waals surface area (Å²) in [5.41, 5.74) is 1.28. The first-order valence-corrected chi connectivity index (χ1v) is 4.86. The maximum atomic E-state index is 9.37. The van der Waals surface area contributed by atoms with Crippen molar-refractivity contribution >= 4 is 5.97 Å². The van der Waals surface area contributed by atoms with E-state index < -0.39 is 5.97 Å². The highest BCUT2D eigenvalue weighted by Gasteiger charge is 2.23. The summed E-state index contributed by atoms with van der Waals surface area (Å²) in [4.78, 5) is 13.6. The zero-order valence-electron chi connectivity index (χ0n) is 8.31. The predicted octanol–water partition coefficient (Wildman–Crippen LogP) is 2.44. The van der Waals surface area contributed by atoms with Gasteiger partial charge in [0.25, 0.3) is 0 Å². The van der Waals surface area contributed by atoms with Crippen molar-refractivity contribution in [1.29, 1.82) is 0 Å². The number of aromatic nitrogens is 1. The zero-order valence-corrected chi connectivity index (χ0v) is 8.31. The fraction of sp³-hybridized carbons (Fsp3) is 0.455. The van der Waals surface area contributed by atoms with Crippen molar-refractivity contribution < 1.29 is 9.90 Å². The van der Waals surface area contributed by atoms with E-state index in [1.165, 1.54) is 18.5 Å². The summed E-state index contributed by atoms with van der Waals surface area (Å²) in [6, 6.07) is 6.13. The van der Waals surface area contributed by atoms with Crippen LogP contribution >= 0.6 is 0 Å². The molecule has 0 unspecified atom stereocenters. The first-order valence-electron chi connectivity index (χ1n) is 4.86. The summed E-state index contributed by atoms with van der Waals surface area (Å²) < 4.78 is 0. The molecule has 3 heteroatoms. The maximum Gasteiger partial charge on any atom is 0.303 e. The molecule has 0 aromatic carbocycles. The molecule has 1 aliphatic rings. The highest BCUT2D eigenvalue weighted by atomic mass is 16.4. The van der Waals surface area contributed by atoms with Gasteiger partial charge in [-0.05, 0) is 25.0 Å². The Hall–Kier alpha value is -1.38. The summed E-state index contributed by atoms with van der Waals surface area (Å²) in [5.74, 6) is 0.0520. The quantitative estimate of drug-likeness (QED) is 0.784. The fourth-order valence-corrected chi connectivity index (χ4v) is 0.997. The summed E-state index contributed by atoms with van der Waals surface area (Å²) in [5, 5.41) is 7.72. The first kappa shape index (κ1) is 10.7. The van der Waals surface area contributed by atoms with E-state index in [2.05, 4.69) is 17.1 Å². The number of aliphatic carboxylic acids is 1. The molecule has 1 aliphatic carbocycles. The largest absolute Gasteiger partial charge is 0.481 e. The van der Waals surface area contributed by atoms with E-state index >= 15 is 0 Å². The van der Waals surface area contributed by atoms with E-state index in [1.54, 1.807) is 6.92 Å². The van der Waals surface area contributed by atoms with Crippen LogP contribution in [0.2, 0.25) is 0 Å². The molecule has 0 saturated heterocycles. The summed E-state index contributed by atoms with van der Waals surface area (Å²) in [6.07, 6.45) is 4.78. The number of hydrogen-bond acceptors (Lipinski definition) is 2. The van der Waals surface area contributed by atoms with Crippen LogP contribution in [0.5, 0.6) is 0 Å². The van der Waals surface area contributed by atoms with Gasteiger partial charge in [0.2, 0.25) is 0 Å². The number of carboxylic acid groups (broad SMARTS) is 1. The summed E-state index contributed by atoms with van der Waals surface area (Å²) in [6.45, 7) is 1.60. The number of hydrogen-bond donors (Lipinski definition) is 1. The molecule has 1 aromatic heterocycles. The molecule has 1 N–H and O–H groups in total. The second kappa shape index (κ2) is 5.37. The highest BCUT2D eigenvalue weighted by molar-refractivity contribution is 5.66. The van der Waals surface area contributed by atoms with Crippen molar-refractivity contribution in [3.05, 3.63) is 30.1 Å². The van der Waals surface area contributed by atoms with Crippen molar-refractivity contribution in [2.24, 2.45) is 0 Å². The lowest BCUT2D eigenvalue weighted by molar-refractivity contribution is -0.136. The molecule has 1 aromatic rings. The molecular formula is C11H15NO2. The smallest absolute Gasteiger partial charge is 0.303 e. The van der Waals surface area contributed by atoms with Crippen LogP contribution in [-0.4, -0.2) is 16.1 Å². The van der Waals surface area contributed by atoms with Crippen molar-refractivity contribution in [2.75, 3.05) is 0 Å². The molecule has 0 bridgehead atoms. The topological polar surface area (TPSA) is 50.2 Å². The van der Waals surface area contributed by atoms with E-state index in [1.807, 2.05) is 12.3 Å². The third-order valence-electron chi connectivity index (χ3n) is 1.99. The Balaban J connectivity index is 0.000000171. The highest BCUT2D eigenvalue weighted by Crippen LogP contribution is 2.38. The third kappa shape index (κ3) is 4.03. The van der Waals surface area contributed by atoms with E-state index in [-0.39, 0.29) is 6.42 Å².